The van der Waals surface area contributed by atoms with Crippen LogP contribution < -0.4 is 5.32 Å². The number of furan rings is 1. The lowest BCUT2D eigenvalue weighted by atomic mass is 9.98. The number of aryl methyl sites for hydroxylation is 1. The quantitative estimate of drug-likeness (QED) is 0.720. The van der Waals surface area contributed by atoms with Gasteiger partial charge in [0.15, 0.2) is 5.60 Å². The predicted octanol–water partition coefficient (Wildman–Crippen LogP) is 3.57. The Morgan fingerprint density at radius 2 is 2.00 bits per heavy atom. The fraction of sp³-hybridized carbons (Fsp3) is 0.211. The number of amides is 1. The van der Waals surface area contributed by atoms with E-state index in [-0.39, 0.29) is 12.5 Å². The number of aliphatic hydroxyl groups is 1. The maximum absolute atomic E-state index is 12.4. The van der Waals surface area contributed by atoms with E-state index in [1.165, 1.54) is 23.2 Å². The second-order valence-electron chi connectivity index (χ2n) is 5.55. The second kappa shape index (κ2) is 7.03. The van der Waals surface area contributed by atoms with Crippen LogP contribution in [0.15, 0.2) is 64.6 Å². The van der Waals surface area contributed by atoms with Crippen molar-refractivity contribution in [3.05, 3.63) is 81.9 Å². The molecule has 0 bridgehead atoms. The molecular weight excluding hydrogens is 322 g/mol. The van der Waals surface area contributed by atoms with Crippen LogP contribution in [0.1, 0.15) is 33.5 Å². The zero-order valence-corrected chi connectivity index (χ0v) is 14.2. The van der Waals surface area contributed by atoms with Crippen molar-refractivity contribution in [3.8, 4) is 0 Å². The van der Waals surface area contributed by atoms with E-state index in [4.69, 9.17) is 4.42 Å². The van der Waals surface area contributed by atoms with Gasteiger partial charge in [-0.1, -0.05) is 25.1 Å². The summed E-state index contributed by atoms with van der Waals surface area (Å²) in [6.45, 7) is 2.11. The average Bonchev–Trinajstić information content (AvgIpc) is 3.33. The van der Waals surface area contributed by atoms with Gasteiger partial charge in [0.05, 0.1) is 12.8 Å². The molecule has 1 atom stereocenters. The maximum Gasteiger partial charge on any atom is 0.251 e. The van der Waals surface area contributed by atoms with E-state index in [0.717, 1.165) is 11.3 Å². The van der Waals surface area contributed by atoms with E-state index in [1.54, 1.807) is 24.3 Å². The van der Waals surface area contributed by atoms with E-state index in [0.29, 0.717) is 11.3 Å². The third-order valence-corrected chi connectivity index (χ3v) is 5.01. The highest BCUT2D eigenvalue weighted by Crippen LogP contribution is 2.32. The Kier molecular flexibility index (Phi) is 4.83. The van der Waals surface area contributed by atoms with Crippen molar-refractivity contribution < 1.29 is 14.3 Å². The molecule has 0 saturated carbocycles. The summed E-state index contributed by atoms with van der Waals surface area (Å²) in [6.07, 6.45) is 2.44. The Bertz CT molecular complexity index is 742. The standard InChI is InChI=1S/C19H19NO3S/c1-2-14-7-9-15(10-8-14)18(21)20-13-19(22,16-5-3-11-23-16)17-6-4-12-24-17/h3-12,22H,2,13H2,1H3,(H,20,21). The maximum atomic E-state index is 12.4. The molecule has 1 amide bonds. The number of hydrogen-bond donors (Lipinski definition) is 2. The summed E-state index contributed by atoms with van der Waals surface area (Å²) >= 11 is 1.42. The van der Waals surface area contributed by atoms with Gasteiger partial charge in [-0.25, -0.2) is 0 Å². The molecule has 0 radical (unpaired) electrons. The first-order chi connectivity index (χ1) is 11.6. The Balaban J connectivity index is 1.77. The summed E-state index contributed by atoms with van der Waals surface area (Å²) in [5.74, 6) is 0.186. The molecule has 4 nitrogen and oxygen atoms in total. The first-order valence-corrected chi connectivity index (χ1v) is 8.69. The lowest BCUT2D eigenvalue weighted by Gasteiger charge is -2.25. The average molecular weight is 341 g/mol. The van der Waals surface area contributed by atoms with Crippen LogP contribution in [0.5, 0.6) is 0 Å². The van der Waals surface area contributed by atoms with Crippen LogP contribution in [-0.4, -0.2) is 17.6 Å². The molecule has 0 saturated heterocycles. The van der Waals surface area contributed by atoms with Gasteiger partial charge < -0.3 is 14.8 Å². The highest BCUT2D eigenvalue weighted by molar-refractivity contribution is 7.10. The van der Waals surface area contributed by atoms with Gasteiger partial charge in [-0.3, -0.25) is 4.79 Å². The molecule has 1 aromatic carbocycles. The summed E-state index contributed by atoms with van der Waals surface area (Å²) in [5.41, 5.74) is 0.369. The Morgan fingerprint density at radius 3 is 2.58 bits per heavy atom. The number of carbonyl (C=O) groups excluding carboxylic acids is 1. The van der Waals surface area contributed by atoms with Crippen molar-refractivity contribution in [2.75, 3.05) is 6.54 Å². The first-order valence-electron chi connectivity index (χ1n) is 7.81. The first kappa shape index (κ1) is 16.5. The molecule has 5 heteroatoms. The van der Waals surface area contributed by atoms with Gasteiger partial charge in [-0.2, -0.15) is 0 Å². The van der Waals surface area contributed by atoms with Crippen molar-refractivity contribution in [3.63, 3.8) is 0 Å². The molecule has 3 rings (SSSR count). The van der Waals surface area contributed by atoms with Crippen LogP contribution in [0.25, 0.3) is 0 Å². The number of hydrogen-bond acceptors (Lipinski definition) is 4. The van der Waals surface area contributed by atoms with Gasteiger partial charge in [0.25, 0.3) is 5.91 Å². The SMILES string of the molecule is CCc1ccc(C(=O)NCC(O)(c2ccco2)c2cccs2)cc1. The number of nitrogens with one attached hydrogen (secondary N) is 1. The zero-order chi connectivity index (χ0) is 17.0. The van der Waals surface area contributed by atoms with Crippen molar-refractivity contribution in [1.29, 1.82) is 0 Å². The molecule has 3 aromatic rings. The molecular formula is C19H19NO3S. The van der Waals surface area contributed by atoms with E-state index >= 15 is 0 Å². The number of thiophene rings is 1. The van der Waals surface area contributed by atoms with E-state index < -0.39 is 5.60 Å². The third kappa shape index (κ3) is 3.27. The van der Waals surface area contributed by atoms with Crippen LogP contribution >= 0.6 is 11.3 Å². The van der Waals surface area contributed by atoms with Crippen molar-refractivity contribution in [2.24, 2.45) is 0 Å². The van der Waals surface area contributed by atoms with Gasteiger partial charge >= 0.3 is 0 Å². The van der Waals surface area contributed by atoms with E-state index in [9.17, 15) is 9.90 Å². The monoisotopic (exact) mass is 341 g/mol. The number of benzene rings is 1. The van der Waals surface area contributed by atoms with Crippen molar-refractivity contribution in [1.82, 2.24) is 5.32 Å². The summed E-state index contributed by atoms with van der Waals surface area (Å²) < 4.78 is 5.40. The van der Waals surface area contributed by atoms with Gasteiger partial charge in [-0.15, -0.1) is 11.3 Å². The predicted molar refractivity (Wildman–Crippen MR) is 94.2 cm³/mol. The fourth-order valence-corrected chi connectivity index (χ4v) is 3.35. The Morgan fingerprint density at radius 1 is 1.21 bits per heavy atom. The van der Waals surface area contributed by atoms with Crippen LogP contribution in [0.3, 0.4) is 0 Å². The van der Waals surface area contributed by atoms with Gasteiger partial charge in [0, 0.05) is 10.4 Å². The third-order valence-electron chi connectivity index (χ3n) is 3.99. The largest absolute Gasteiger partial charge is 0.466 e. The minimum Gasteiger partial charge on any atom is -0.466 e. The lowest BCUT2D eigenvalue weighted by molar-refractivity contribution is 0.0554. The number of rotatable bonds is 6. The molecule has 2 N–H and O–H groups in total. The molecule has 124 valence electrons. The molecule has 0 aliphatic carbocycles. The highest BCUT2D eigenvalue weighted by atomic mass is 32.1. The topological polar surface area (TPSA) is 62.5 Å². The van der Waals surface area contributed by atoms with Crippen molar-refractivity contribution in [2.45, 2.75) is 18.9 Å². The summed E-state index contributed by atoms with van der Waals surface area (Å²) in [6, 6.07) is 14.6. The van der Waals surface area contributed by atoms with Gasteiger partial charge in [0.2, 0.25) is 0 Å². The normalized spacial score (nSPS) is 13.4. The molecule has 0 fully saturated rings. The van der Waals surface area contributed by atoms with Crippen LogP contribution in [-0.2, 0) is 12.0 Å². The number of carbonyl (C=O) groups is 1. The Labute approximate surface area is 144 Å². The lowest BCUT2D eigenvalue weighted by Crippen LogP contribution is -2.41. The fourth-order valence-electron chi connectivity index (χ4n) is 2.53. The van der Waals surface area contributed by atoms with E-state index in [1.807, 2.05) is 29.6 Å². The van der Waals surface area contributed by atoms with Crippen LogP contribution in [0, 0.1) is 0 Å². The second-order valence-corrected chi connectivity index (χ2v) is 6.50. The van der Waals surface area contributed by atoms with Gasteiger partial charge in [0.1, 0.15) is 5.76 Å². The van der Waals surface area contributed by atoms with Crippen LogP contribution in [0.2, 0.25) is 0 Å². The smallest absolute Gasteiger partial charge is 0.251 e. The molecule has 0 aliphatic heterocycles. The van der Waals surface area contributed by atoms with Gasteiger partial charge in [-0.05, 0) is 47.7 Å². The summed E-state index contributed by atoms with van der Waals surface area (Å²) in [4.78, 5) is 13.1. The molecule has 24 heavy (non-hydrogen) atoms. The molecule has 0 spiro atoms. The van der Waals surface area contributed by atoms with Crippen LogP contribution in [0.4, 0.5) is 0 Å². The molecule has 0 aliphatic rings. The summed E-state index contributed by atoms with van der Waals surface area (Å²) in [5, 5.41) is 15.8. The zero-order valence-electron chi connectivity index (χ0n) is 13.4. The highest BCUT2D eigenvalue weighted by Gasteiger charge is 2.36. The van der Waals surface area contributed by atoms with Crippen molar-refractivity contribution >= 4 is 17.2 Å². The minimum atomic E-state index is -1.38. The molecule has 2 aromatic heterocycles. The molecule has 1 unspecified atom stereocenters. The summed E-state index contributed by atoms with van der Waals surface area (Å²) in [7, 11) is 0. The Hall–Kier alpha value is -2.37. The van der Waals surface area contributed by atoms with E-state index in [2.05, 4.69) is 12.2 Å². The minimum absolute atomic E-state index is 0.0371. The molecule has 2 heterocycles.